The highest BCUT2D eigenvalue weighted by molar-refractivity contribution is 9.10. The number of nitrogens with one attached hydrogen (secondary N) is 1. The summed E-state index contributed by atoms with van der Waals surface area (Å²) in [5.74, 6) is -0.879. The Balaban J connectivity index is 2.91. The maximum absolute atomic E-state index is 13.4. The van der Waals surface area contributed by atoms with Gasteiger partial charge >= 0.3 is 0 Å². The summed E-state index contributed by atoms with van der Waals surface area (Å²) in [7, 11) is 0. The van der Waals surface area contributed by atoms with Crippen LogP contribution in [-0.4, -0.2) is 11.9 Å². The molecular formula is C11H12BrClFNO. The Labute approximate surface area is 107 Å². The number of amides is 1. The van der Waals surface area contributed by atoms with E-state index in [1.807, 2.05) is 13.8 Å². The second-order valence-corrected chi connectivity index (χ2v) is 5.04. The quantitative estimate of drug-likeness (QED) is 0.852. The molecule has 88 valence electrons. The molecule has 16 heavy (non-hydrogen) atoms. The summed E-state index contributed by atoms with van der Waals surface area (Å²) < 4.78 is 14.1. The van der Waals surface area contributed by atoms with E-state index in [1.165, 1.54) is 12.1 Å². The summed E-state index contributed by atoms with van der Waals surface area (Å²) in [6.07, 6.45) is 0. The van der Waals surface area contributed by atoms with Crippen LogP contribution in [0.4, 0.5) is 4.39 Å². The topological polar surface area (TPSA) is 29.1 Å². The first-order valence-corrected chi connectivity index (χ1v) is 6.04. The number of hydrogen-bond donors (Lipinski definition) is 1. The van der Waals surface area contributed by atoms with Crippen LogP contribution in [-0.2, 0) is 4.79 Å². The number of carbonyl (C=O) groups excluding carboxylic acids is 1. The van der Waals surface area contributed by atoms with Crippen molar-refractivity contribution in [2.75, 3.05) is 0 Å². The zero-order valence-corrected chi connectivity index (χ0v) is 11.3. The first kappa shape index (κ1) is 13.5. The summed E-state index contributed by atoms with van der Waals surface area (Å²) in [5, 5.41) is 1.62. The van der Waals surface area contributed by atoms with E-state index in [1.54, 1.807) is 6.07 Å². The van der Waals surface area contributed by atoms with Gasteiger partial charge in [-0.3, -0.25) is 4.79 Å². The summed E-state index contributed by atoms with van der Waals surface area (Å²) in [6.45, 7) is 3.64. The molecule has 0 aromatic heterocycles. The lowest BCUT2D eigenvalue weighted by atomic mass is 10.1. The van der Waals surface area contributed by atoms with Crippen LogP contribution in [0, 0.1) is 5.82 Å². The van der Waals surface area contributed by atoms with Gasteiger partial charge in [0, 0.05) is 16.1 Å². The van der Waals surface area contributed by atoms with Crippen molar-refractivity contribution >= 4 is 33.4 Å². The molecule has 0 saturated heterocycles. The van der Waals surface area contributed by atoms with Gasteiger partial charge in [0.2, 0.25) is 5.91 Å². The summed E-state index contributed by atoms with van der Waals surface area (Å²) in [4.78, 5) is 11.6. The van der Waals surface area contributed by atoms with Gasteiger partial charge in [-0.25, -0.2) is 4.39 Å². The lowest BCUT2D eigenvalue weighted by Gasteiger charge is -2.14. The van der Waals surface area contributed by atoms with E-state index in [0.29, 0.717) is 4.47 Å². The molecule has 0 aliphatic rings. The largest absolute Gasteiger partial charge is 0.352 e. The van der Waals surface area contributed by atoms with Crippen LogP contribution >= 0.6 is 27.5 Å². The van der Waals surface area contributed by atoms with Crippen molar-refractivity contribution in [2.45, 2.75) is 25.3 Å². The van der Waals surface area contributed by atoms with Crippen molar-refractivity contribution in [1.29, 1.82) is 0 Å². The third kappa shape index (κ3) is 3.46. The lowest BCUT2D eigenvalue weighted by Crippen LogP contribution is -2.33. The van der Waals surface area contributed by atoms with Crippen molar-refractivity contribution in [3.8, 4) is 0 Å². The molecule has 1 unspecified atom stereocenters. The number of hydrogen-bond acceptors (Lipinski definition) is 1. The highest BCUT2D eigenvalue weighted by atomic mass is 79.9. The minimum absolute atomic E-state index is 0.0241. The van der Waals surface area contributed by atoms with Crippen LogP contribution in [0.3, 0.4) is 0 Å². The van der Waals surface area contributed by atoms with E-state index >= 15 is 0 Å². The Hall–Kier alpha value is -0.610. The Morgan fingerprint density at radius 3 is 2.69 bits per heavy atom. The second kappa shape index (κ2) is 5.64. The molecule has 1 aromatic rings. The van der Waals surface area contributed by atoms with E-state index in [0.717, 1.165) is 0 Å². The average molecular weight is 309 g/mol. The Morgan fingerprint density at radius 1 is 1.50 bits per heavy atom. The highest BCUT2D eigenvalue weighted by Crippen LogP contribution is 2.26. The number of alkyl halides is 1. The second-order valence-electron chi connectivity index (χ2n) is 3.69. The fourth-order valence-electron chi connectivity index (χ4n) is 1.21. The van der Waals surface area contributed by atoms with Gasteiger partial charge in [-0.1, -0.05) is 15.9 Å². The lowest BCUT2D eigenvalue weighted by molar-refractivity contribution is -0.121. The van der Waals surface area contributed by atoms with Crippen LogP contribution in [0.15, 0.2) is 22.7 Å². The molecule has 0 saturated carbocycles. The van der Waals surface area contributed by atoms with Crippen LogP contribution in [0.25, 0.3) is 0 Å². The van der Waals surface area contributed by atoms with Gasteiger partial charge in [0.05, 0.1) is 0 Å². The van der Waals surface area contributed by atoms with Crippen molar-refractivity contribution < 1.29 is 9.18 Å². The summed E-state index contributed by atoms with van der Waals surface area (Å²) in [6, 6.07) is 4.32. The predicted octanol–water partition coefficient (Wildman–Crippen LogP) is 3.39. The third-order valence-electron chi connectivity index (χ3n) is 1.89. The van der Waals surface area contributed by atoms with E-state index in [9.17, 15) is 9.18 Å². The minimum Gasteiger partial charge on any atom is -0.352 e. The third-order valence-corrected chi connectivity index (χ3v) is 2.82. The van der Waals surface area contributed by atoms with Crippen LogP contribution < -0.4 is 5.32 Å². The number of halogens is 3. The molecule has 0 heterocycles. The number of carbonyl (C=O) groups is 1. The maximum atomic E-state index is 13.4. The van der Waals surface area contributed by atoms with Gasteiger partial charge in [-0.15, -0.1) is 11.6 Å². The van der Waals surface area contributed by atoms with E-state index < -0.39 is 17.1 Å². The van der Waals surface area contributed by atoms with E-state index in [4.69, 9.17) is 11.6 Å². The molecule has 1 rings (SSSR count). The predicted molar refractivity (Wildman–Crippen MR) is 66.0 cm³/mol. The molecule has 1 amide bonds. The highest BCUT2D eigenvalue weighted by Gasteiger charge is 2.21. The monoisotopic (exact) mass is 307 g/mol. The average Bonchev–Trinajstić information content (AvgIpc) is 2.19. The van der Waals surface area contributed by atoms with Crippen LogP contribution in [0.2, 0.25) is 0 Å². The van der Waals surface area contributed by atoms with E-state index in [-0.39, 0.29) is 11.6 Å². The molecule has 1 N–H and O–H groups in total. The van der Waals surface area contributed by atoms with Crippen LogP contribution in [0.5, 0.6) is 0 Å². The molecule has 0 aliphatic heterocycles. The fraction of sp³-hybridized carbons (Fsp3) is 0.364. The standard InChI is InChI=1S/C11H12BrClFNO/c1-6(2)15-11(16)10(13)8-5-7(12)3-4-9(8)14/h3-6,10H,1-2H3,(H,15,16). The Kier molecular flexibility index (Phi) is 4.74. The zero-order chi connectivity index (χ0) is 12.3. The van der Waals surface area contributed by atoms with Gasteiger partial charge in [0.25, 0.3) is 0 Å². The van der Waals surface area contributed by atoms with Gasteiger partial charge < -0.3 is 5.32 Å². The minimum atomic E-state index is -1.01. The molecule has 0 aliphatic carbocycles. The first-order valence-electron chi connectivity index (χ1n) is 4.81. The van der Waals surface area contributed by atoms with Crippen molar-refractivity contribution in [1.82, 2.24) is 5.32 Å². The number of benzene rings is 1. The normalized spacial score (nSPS) is 12.6. The molecule has 5 heteroatoms. The molecule has 0 fully saturated rings. The van der Waals surface area contributed by atoms with Crippen molar-refractivity contribution in [3.05, 3.63) is 34.1 Å². The molecule has 0 spiro atoms. The van der Waals surface area contributed by atoms with Gasteiger partial charge in [-0.2, -0.15) is 0 Å². The summed E-state index contributed by atoms with van der Waals surface area (Å²) in [5.41, 5.74) is 0.175. The fourth-order valence-corrected chi connectivity index (χ4v) is 1.82. The number of rotatable bonds is 3. The molecule has 1 atom stereocenters. The SMILES string of the molecule is CC(C)NC(=O)C(Cl)c1cc(Br)ccc1F. The van der Waals surface area contributed by atoms with Gasteiger partial charge in [-0.05, 0) is 32.0 Å². The van der Waals surface area contributed by atoms with Gasteiger partial charge in [0.1, 0.15) is 11.2 Å². The van der Waals surface area contributed by atoms with Crippen molar-refractivity contribution in [2.24, 2.45) is 0 Å². The van der Waals surface area contributed by atoms with E-state index in [2.05, 4.69) is 21.2 Å². The molecule has 0 bridgehead atoms. The first-order chi connectivity index (χ1) is 7.41. The van der Waals surface area contributed by atoms with Crippen molar-refractivity contribution in [3.63, 3.8) is 0 Å². The Morgan fingerprint density at radius 2 is 2.12 bits per heavy atom. The smallest absolute Gasteiger partial charge is 0.242 e. The molecule has 1 aromatic carbocycles. The Bertz CT molecular complexity index is 398. The zero-order valence-electron chi connectivity index (χ0n) is 8.93. The molecular weight excluding hydrogens is 296 g/mol. The molecule has 0 radical (unpaired) electrons. The summed E-state index contributed by atoms with van der Waals surface area (Å²) >= 11 is 9.11. The molecule has 2 nitrogen and oxygen atoms in total. The van der Waals surface area contributed by atoms with Gasteiger partial charge in [0.15, 0.2) is 0 Å². The maximum Gasteiger partial charge on any atom is 0.242 e. The van der Waals surface area contributed by atoms with Crippen LogP contribution in [0.1, 0.15) is 24.8 Å².